The molecule has 0 aliphatic rings. The summed E-state index contributed by atoms with van der Waals surface area (Å²) in [7, 11) is 0. The second-order valence-electron chi connectivity index (χ2n) is 3.92. The largest absolute Gasteiger partial charge is 0.300 e. The lowest BCUT2D eigenvalue weighted by atomic mass is 9.98. The van der Waals surface area contributed by atoms with E-state index in [2.05, 4.69) is 20.8 Å². The van der Waals surface area contributed by atoms with Crippen LogP contribution in [0.5, 0.6) is 0 Å². The van der Waals surface area contributed by atoms with Gasteiger partial charge in [0.25, 0.3) is 0 Å². The summed E-state index contributed by atoms with van der Waals surface area (Å²) in [6, 6.07) is 0. The van der Waals surface area contributed by atoms with Crippen molar-refractivity contribution in [1.29, 1.82) is 0 Å². The quantitative estimate of drug-likeness (QED) is 0.612. The van der Waals surface area contributed by atoms with Crippen molar-refractivity contribution in [3.05, 3.63) is 0 Å². The number of hydrogen-bond donors (Lipinski definition) is 0. The topological polar surface area (TPSA) is 17.1 Å². The molecule has 0 amide bonds. The van der Waals surface area contributed by atoms with E-state index in [-0.39, 0.29) is 5.78 Å². The first-order valence-electron chi connectivity index (χ1n) is 6.11. The Balaban J connectivity index is 0. The Hall–Kier alpha value is -0.330. The van der Waals surface area contributed by atoms with E-state index in [4.69, 9.17) is 0 Å². The molecule has 0 saturated carbocycles. The molecule has 0 radical (unpaired) electrons. The minimum Gasteiger partial charge on any atom is -0.300 e. The first-order valence-corrected chi connectivity index (χ1v) is 6.11. The molecule has 0 saturated heterocycles. The maximum Gasteiger partial charge on any atom is 0.129 e. The van der Waals surface area contributed by atoms with Crippen molar-refractivity contribution in [3.63, 3.8) is 0 Å². The summed E-state index contributed by atoms with van der Waals surface area (Å²) in [5, 5.41) is 0. The van der Waals surface area contributed by atoms with Crippen molar-refractivity contribution in [2.75, 3.05) is 0 Å². The lowest BCUT2D eigenvalue weighted by Crippen LogP contribution is -1.94. The van der Waals surface area contributed by atoms with Gasteiger partial charge in [-0.15, -0.1) is 0 Å². The monoisotopic (exact) mass is 200 g/mol. The van der Waals surface area contributed by atoms with Gasteiger partial charge in [-0.1, -0.05) is 53.4 Å². The van der Waals surface area contributed by atoms with Gasteiger partial charge >= 0.3 is 0 Å². The average Bonchev–Trinajstić information content (AvgIpc) is 2.15. The molecule has 1 heteroatoms. The van der Waals surface area contributed by atoms with E-state index in [1.807, 2.05) is 6.92 Å². The molecule has 0 unspecified atom stereocenters. The van der Waals surface area contributed by atoms with Crippen molar-refractivity contribution < 1.29 is 4.79 Å². The fourth-order valence-corrected chi connectivity index (χ4v) is 1.46. The third-order valence-corrected chi connectivity index (χ3v) is 2.45. The molecule has 0 bridgehead atoms. The Morgan fingerprint density at radius 2 is 1.50 bits per heavy atom. The SMILES string of the molecule is CCCC(C)=O.CCCC(CC)CC. The van der Waals surface area contributed by atoms with Gasteiger partial charge in [0.2, 0.25) is 0 Å². The molecular formula is C13H28O. The van der Waals surface area contributed by atoms with Gasteiger partial charge in [-0.05, 0) is 19.3 Å². The molecule has 0 N–H and O–H groups in total. The first kappa shape index (κ1) is 16.1. The number of carbonyl (C=O) groups is 1. The Bertz CT molecular complexity index is 114. The van der Waals surface area contributed by atoms with Crippen molar-refractivity contribution in [3.8, 4) is 0 Å². The molecular weight excluding hydrogens is 172 g/mol. The van der Waals surface area contributed by atoms with Crippen LogP contribution in [0.2, 0.25) is 0 Å². The van der Waals surface area contributed by atoms with Crippen molar-refractivity contribution in [2.45, 2.75) is 73.1 Å². The van der Waals surface area contributed by atoms with Gasteiger partial charge in [-0.2, -0.15) is 0 Å². The Morgan fingerprint density at radius 1 is 1.00 bits per heavy atom. The van der Waals surface area contributed by atoms with Crippen LogP contribution in [0.15, 0.2) is 0 Å². The zero-order chi connectivity index (χ0) is 11.4. The number of ketones is 1. The Labute approximate surface area is 90.3 Å². The Morgan fingerprint density at radius 3 is 1.57 bits per heavy atom. The van der Waals surface area contributed by atoms with Crippen molar-refractivity contribution in [2.24, 2.45) is 5.92 Å². The normalized spacial score (nSPS) is 9.57. The van der Waals surface area contributed by atoms with Crippen LogP contribution in [-0.4, -0.2) is 5.78 Å². The molecule has 0 aromatic rings. The van der Waals surface area contributed by atoms with E-state index in [0.29, 0.717) is 0 Å². The van der Waals surface area contributed by atoms with Gasteiger partial charge in [0.05, 0.1) is 0 Å². The zero-order valence-corrected chi connectivity index (χ0v) is 10.7. The first-order chi connectivity index (χ1) is 6.62. The molecule has 0 aromatic carbocycles. The molecule has 0 spiro atoms. The second kappa shape index (κ2) is 12.7. The summed E-state index contributed by atoms with van der Waals surface area (Å²) in [4.78, 5) is 10.0. The minimum atomic E-state index is 0.289. The van der Waals surface area contributed by atoms with Crippen molar-refractivity contribution in [1.82, 2.24) is 0 Å². The predicted molar refractivity (Wildman–Crippen MR) is 64.6 cm³/mol. The fourth-order valence-electron chi connectivity index (χ4n) is 1.46. The van der Waals surface area contributed by atoms with E-state index >= 15 is 0 Å². The highest BCUT2D eigenvalue weighted by molar-refractivity contribution is 5.75. The highest BCUT2D eigenvalue weighted by atomic mass is 16.1. The summed E-state index contributed by atoms with van der Waals surface area (Å²) in [5.74, 6) is 1.29. The molecule has 0 rings (SSSR count). The van der Waals surface area contributed by atoms with Crippen LogP contribution in [0.4, 0.5) is 0 Å². The third-order valence-electron chi connectivity index (χ3n) is 2.45. The molecule has 0 aliphatic heterocycles. The van der Waals surface area contributed by atoms with Gasteiger partial charge in [0.1, 0.15) is 5.78 Å². The van der Waals surface area contributed by atoms with Crippen LogP contribution in [-0.2, 0) is 4.79 Å². The molecule has 1 nitrogen and oxygen atoms in total. The van der Waals surface area contributed by atoms with Crippen LogP contribution in [0.1, 0.15) is 73.1 Å². The van der Waals surface area contributed by atoms with E-state index in [1.165, 1.54) is 25.7 Å². The maximum atomic E-state index is 10.0. The molecule has 86 valence electrons. The van der Waals surface area contributed by atoms with Crippen LogP contribution in [0.3, 0.4) is 0 Å². The van der Waals surface area contributed by atoms with Crippen LogP contribution in [0, 0.1) is 5.92 Å². The molecule has 14 heavy (non-hydrogen) atoms. The third kappa shape index (κ3) is 14.2. The average molecular weight is 200 g/mol. The lowest BCUT2D eigenvalue weighted by molar-refractivity contribution is -0.117. The molecule has 0 aromatic heterocycles. The zero-order valence-electron chi connectivity index (χ0n) is 10.7. The summed E-state index contributed by atoms with van der Waals surface area (Å²) >= 11 is 0. The van der Waals surface area contributed by atoms with Crippen LogP contribution in [0.25, 0.3) is 0 Å². The minimum absolute atomic E-state index is 0.289. The number of carbonyl (C=O) groups excluding carboxylic acids is 1. The van der Waals surface area contributed by atoms with Gasteiger partial charge in [-0.3, -0.25) is 0 Å². The van der Waals surface area contributed by atoms with E-state index < -0.39 is 0 Å². The van der Waals surface area contributed by atoms with Crippen LogP contribution >= 0.6 is 0 Å². The number of hydrogen-bond acceptors (Lipinski definition) is 1. The summed E-state index contributed by atoms with van der Waals surface area (Å²) in [6.45, 7) is 10.4. The van der Waals surface area contributed by atoms with Crippen LogP contribution < -0.4 is 0 Å². The molecule has 0 aliphatic carbocycles. The standard InChI is InChI=1S/C8H18.C5H10O/c1-4-7-8(5-2)6-3;1-3-4-5(2)6/h8H,4-7H2,1-3H3;3-4H2,1-2H3. The molecule has 0 fully saturated rings. The van der Waals surface area contributed by atoms with Gasteiger partial charge in [0, 0.05) is 6.42 Å². The smallest absolute Gasteiger partial charge is 0.129 e. The van der Waals surface area contributed by atoms with E-state index in [0.717, 1.165) is 18.8 Å². The number of Topliss-reactive ketones (excluding diaryl/α,β-unsaturated/α-hetero) is 1. The highest BCUT2D eigenvalue weighted by Gasteiger charge is 1.98. The maximum absolute atomic E-state index is 10.0. The lowest BCUT2D eigenvalue weighted by Gasteiger charge is -2.08. The summed E-state index contributed by atoms with van der Waals surface area (Å²) in [6.07, 6.45) is 7.23. The van der Waals surface area contributed by atoms with Gasteiger partial charge < -0.3 is 4.79 Å². The van der Waals surface area contributed by atoms with Gasteiger partial charge in [0.15, 0.2) is 0 Å². The Kier molecular flexibility index (Phi) is 14.6. The van der Waals surface area contributed by atoms with Gasteiger partial charge in [-0.25, -0.2) is 0 Å². The molecule has 0 atom stereocenters. The highest BCUT2D eigenvalue weighted by Crippen LogP contribution is 2.13. The summed E-state index contributed by atoms with van der Waals surface area (Å²) < 4.78 is 0. The summed E-state index contributed by atoms with van der Waals surface area (Å²) in [5.41, 5.74) is 0. The number of rotatable bonds is 6. The fraction of sp³-hybridized carbons (Fsp3) is 0.923. The predicted octanol–water partition coefficient (Wildman–Crippen LogP) is 4.60. The van der Waals surface area contributed by atoms with Crippen molar-refractivity contribution >= 4 is 5.78 Å². The van der Waals surface area contributed by atoms with E-state index in [9.17, 15) is 4.79 Å². The molecule has 0 heterocycles. The van der Waals surface area contributed by atoms with E-state index in [1.54, 1.807) is 6.92 Å². The second-order valence-corrected chi connectivity index (χ2v) is 3.92.